The van der Waals surface area contributed by atoms with Crippen molar-refractivity contribution in [3.05, 3.63) is 255 Å². The number of rotatable bonds is 6. The molecule has 3 heterocycles. The van der Waals surface area contributed by atoms with Crippen LogP contribution in [0.5, 0.6) is 34.5 Å². The Bertz CT molecular complexity index is 4370. The van der Waals surface area contributed by atoms with Gasteiger partial charge >= 0.3 is 70.4 Å². The number of phosphoric acid groups is 3. The Balaban J connectivity index is 0.000000128. The first-order chi connectivity index (χ1) is 42.1. The fourth-order valence-electron chi connectivity index (χ4n) is 11.8. The molecule has 0 amide bonds. The van der Waals surface area contributed by atoms with Crippen LogP contribution in [0.15, 0.2) is 221 Å². The molecule has 12 aromatic rings. The normalized spacial score (nSPS) is 14.1. The van der Waals surface area contributed by atoms with Crippen molar-refractivity contribution in [1.82, 2.24) is 0 Å². The van der Waals surface area contributed by atoms with E-state index in [-0.39, 0.29) is 81.4 Å². The Morgan fingerprint density at radius 2 is 0.398 bits per heavy atom. The molecule has 0 aliphatic carbocycles. The summed E-state index contributed by atoms with van der Waals surface area (Å²) >= 11 is 0. The molecule has 3 aliphatic heterocycles. The molecule has 12 aromatic carbocycles. The van der Waals surface area contributed by atoms with E-state index in [1.807, 2.05) is 182 Å². The summed E-state index contributed by atoms with van der Waals surface area (Å²) in [4.78, 5) is 38.2. The molecule has 0 N–H and O–H groups in total. The summed E-state index contributed by atoms with van der Waals surface area (Å²) in [6, 6.07) is 57.9. The van der Waals surface area contributed by atoms with Gasteiger partial charge in [-0.05, 0) is 101 Å². The number of hydrogen-bond acceptors (Lipinski definition) is 12. The van der Waals surface area contributed by atoms with Crippen LogP contribution in [0.2, 0.25) is 0 Å². The Morgan fingerprint density at radius 1 is 0.261 bits per heavy atom. The molecule has 3 aliphatic rings. The van der Waals surface area contributed by atoms with Gasteiger partial charge < -0.3 is 41.8 Å². The van der Waals surface area contributed by atoms with Crippen LogP contribution in [-0.2, 0) is 13.7 Å². The molecule has 16 heteroatoms. The molecule has 437 valence electrons. The first kappa shape index (κ1) is 59.8. The van der Waals surface area contributed by atoms with E-state index < -0.39 is 23.5 Å². The van der Waals surface area contributed by atoms with Gasteiger partial charge in [-0.3, -0.25) is 0 Å². The van der Waals surface area contributed by atoms with Gasteiger partial charge in [-0.2, -0.15) is 0 Å². The van der Waals surface area contributed by atoms with Crippen molar-refractivity contribution in [2.45, 2.75) is 0 Å². The minimum absolute atomic E-state index is 0. The Hall–Kier alpha value is -8.47. The van der Waals surface area contributed by atoms with Crippen molar-refractivity contribution < 1.29 is 102 Å². The van der Waals surface area contributed by atoms with Gasteiger partial charge in [-0.25, -0.2) is 13.7 Å². The number of hydrogen-bond donors (Lipinski definition) is 0. The van der Waals surface area contributed by atoms with E-state index in [4.69, 9.17) is 27.1 Å². The topological polar surface area (TPSA) is 176 Å². The van der Waals surface area contributed by atoms with E-state index >= 15 is 0 Å². The van der Waals surface area contributed by atoms with Crippen LogP contribution >= 0.6 is 23.5 Å². The summed E-state index contributed by atoms with van der Waals surface area (Å²) in [6.07, 6.45) is 9.56. The predicted molar refractivity (Wildman–Crippen MR) is 348 cm³/mol. The zero-order valence-electron chi connectivity index (χ0n) is 46.5. The van der Waals surface area contributed by atoms with Crippen molar-refractivity contribution in [2.24, 2.45) is 0 Å². The summed E-state index contributed by atoms with van der Waals surface area (Å²) in [7, 11) is -14.0. The van der Waals surface area contributed by atoms with Gasteiger partial charge in [0, 0.05) is 66.8 Å². The van der Waals surface area contributed by atoms with Gasteiger partial charge in [0.05, 0.1) is 0 Å². The van der Waals surface area contributed by atoms with Gasteiger partial charge in [0.2, 0.25) is 0 Å². The van der Waals surface area contributed by atoms with Crippen LogP contribution in [0.25, 0.3) is 134 Å². The Kier molecular flexibility index (Phi) is 16.0. The minimum Gasteiger partial charge on any atom is -0.736 e. The van der Waals surface area contributed by atoms with Gasteiger partial charge in [0.25, 0.3) is 0 Å². The molecule has 12 nitrogen and oxygen atoms in total. The van der Waals surface area contributed by atoms with E-state index in [0.717, 1.165) is 64.6 Å². The zero-order valence-corrected chi connectivity index (χ0v) is 50.9. The maximum absolute atomic E-state index is 12.7. The van der Waals surface area contributed by atoms with Crippen molar-refractivity contribution in [3.8, 4) is 67.9 Å². The summed E-state index contributed by atoms with van der Waals surface area (Å²) in [6.45, 7) is 23.1. The standard InChI is InChI=1S/3C24H17O4P.Yb/c3*1-3-15-13-17-9-5-7-11-19(17)21-22-20-12-8-6-10-18(20)14-16(4-2)24(22)28-29(25,26)27-23(15)21;/h3*3-14H,1-2H2,(H,25,26);/q;;;+3/p-3. The quantitative estimate of drug-likeness (QED) is 0.144. The van der Waals surface area contributed by atoms with E-state index in [2.05, 4.69) is 39.5 Å². The number of benzene rings is 12. The van der Waals surface area contributed by atoms with Crippen LogP contribution in [0.3, 0.4) is 0 Å². The van der Waals surface area contributed by atoms with Crippen molar-refractivity contribution in [1.29, 1.82) is 0 Å². The van der Waals surface area contributed by atoms with E-state index in [0.29, 0.717) is 66.8 Å². The van der Waals surface area contributed by atoms with E-state index in [9.17, 15) is 28.4 Å². The summed E-state index contributed by atoms with van der Waals surface area (Å²) < 4.78 is 71.0. The molecule has 0 spiro atoms. The molecular weight excluding hydrogens is 1320 g/mol. The third-order valence-corrected chi connectivity index (χ3v) is 17.9. The minimum atomic E-state index is -4.68. The van der Waals surface area contributed by atoms with Crippen molar-refractivity contribution in [3.63, 3.8) is 0 Å². The molecule has 1 radical (unpaired) electrons. The fourth-order valence-corrected chi connectivity index (χ4v) is 14.5. The smallest absolute Gasteiger partial charge is 0.736 e. The second-order valence-corrected chi connectivity index (χ2v) is 24.2. The number of phosphoric ester groups is 3. The van der Waals surface area contributed by atoms with Crippen LogP contribution in [0.1, 0.15) is 33.4 Å². The third kappa shape index (κ3) is 10.5. The summed E-state index contributed by atoms with van der Waals surface area (Å²) in [5.41, 5.74) is 7.50. The van der Waals surface area contributed by atoms with Crippen LogP contribution in [-0.4, -0.2) is 0 Å². The molecule has 0 saturated heterocycles. The second-order valence-electron chi connectivity index (χ2n) is 20.5. The van der Waals surface area contributed by atoms with Gasteiger partial charge in [0.15, 0.2) is 0 Å². The molecule has 15 rings (SSSR count). The second kappa shape index (κ2) is 23.6. The van der Waals surface area contributed by atoms with Crippen LogP contribution in [0, 0.1) is 46.9 Å². The largest absolute Gasteiger partial charge is 3.00 e. The Morgan fingerprint density at radius 3 is 0.534 bits per heavy atom. The van der Waals surface area contributed by atoms with Gasteiger partial charge in [-0.1, -0.05) is 222 Å². The molecular formula is C72H48O12P3Yb. The van der Waals surface area contributed by atoms with E-state index in [1.165, 1.54) is 0 Å². The van der Waals surface area contributed by atoms with Gasteiger partial charge in [-0.15, -0.1) is 0 Å². The molecule has 0 aromatic heterocycles. The van der Waals surface area contributed by atoms with E-state index in [1.54, 1.807) is 36.5 Å². The molecule has 0 bridgehead atoms. The molecule has 0 fully saturated rings. The molecule has 0 saturated carbocycles. The average molecular weight is 1370 g/mol. The molecule has 0 unspecified atom stereocenters. The SMILES string of the molecule is C=Cc1cc2ccccc2c2c1OP(=O)([O-])Oc1c(C=C)cc3ccccc3c1-2.C=Cc1cc2ccccc2c2c1OP(=O)([O-])Oc1c(C=C)cc3ccccc3c1-2.C=Cc1cc2ccccc2c2c1OP(=O)([O-])Oc1c(C=C)cc3ccccc3c1-2.[Yb+3]. The average Bonchev–Trinajstić information content (AvgIpc) is 1.44. The predicted octanol–water partition coefficient (Wildman–Crippen LogP) is 18.6. The zero-order chi connectivity index (χ0) is 60.5. The Labute approximate surface area is 544 Å². The molecule has 88 heavy (non-hydrogen) atoms. The summed E-state index contributed by atoms with van der Waals surface area (Å²) in [5.74, 6) is 1.35. The monoisotopic (exact) mass is 1370 g/mol. The first-order valence-corrected chi connectivity index (χ1v) is 31.7. The van der Waals surface area contributed by atoms with Crippen molar-refractivity contribution >= 4 is 125 Å². The third-order valence-electron chi connectivity index (χ3n) is 15.5. The number of fused-ring (bicyclic) bond motifs is 21. The van der Waals surface area contributed by atoms with Crippen LogP contribution < -0.4 is 41.8 Å². The summed E-state index contributed by atoms with van der Waals surface area (Å²) in [5, 5.41) is 10.9. The van der Waals surface area contributed by atoms with Gasteiger partial charge in [0.1, 0.15) is 34.5 Å². The first-order valence-electron chi connectivity index (χ1n) is 27.3. The maximum Gasteiger partial charge on any atom is 3.00 e. The van der Waals surface area contributed by atoms with Crippen LogP contribution in [0.4, 0.5) is 0 Å². The molecule has 0 atom stereocenters. The fraction of sp³-hybridized carbons (Fsp3) is 0. The maximum atomic E-state index is 12.7. The van der Waals surface area contributed by atoms with Crippen molar-refractivity contribution in [2.75, 3.05) is 0 Å².